The molecule has 4 heterocycles. The summed E-state index contributed by atoms with van der Waals surface area (Å²) in [5.74, 6) is -1.84. The number of aryl methyl sites for hydroxylation is 4. The number of aromatic nitrogens is 4. The Morgan fingerprint density at radius 3 is 1.19 bits per heavy atom. The van der Waals surface area contributed by atoms with E-state index < -0.39 is 32.1 Å². The summed E-state index contributed by atoms with van der Waals surface area (Å²) < 4.78 is 70.7. The van der Waals surface area contributed by atoms with E-state index >= 15 is 0 Å². The maximum atomic E-state index is 12.1. The fourth-order valence-corrected chi connectivity index (χ4v) is 7.16. The van der Waals surface area contributed by atoms with Crippen molar-refractivity contribution < 1.29 is 44.7 Å². The fraction of sp³-hybridized carbons (Fsp3) is 0.0870. The van der Waals surface area contributed by atoms with Gasteiger partial charge in [0.15, 0.2) is 11.4 Å². The number of fused-ring (bicyclic) bond motifs is 2. The number of nitrogens with zero attached hydrogens (tertiary/aromatic N) is 6. The molecule has 0 saturated heterocycles. The molecule has 4 aromatic carbocycles. The number of pyridine rings is 2. The lowest BCUT2D eigenvalue weighted by Gasteiger charge is -2.05. The van der Waals surface area contributed by atoms with E-state index in [1.807, 2.05) is 113 Å². The van der Waals surface area contributed by atoms with E-state index in [4.69, 9.17) is 0 Å². The van der Waals surface area contributed by atoms with Crippen LogP contribution >= 0.6 is 0 Å². The van der Waals surface area contributed by atoms with Gasteiger partial charge in [0.1, 0.15) is 32.6 Å². The van der Waals surface area contributed by atoms with Crippen molar-refractivity contribution in [3.63, 3.8) is 0 Å². The first-order valence-electron chi connectivity index (χ1n) is 19.3. The molecule has 0 bridgehead atoms. The SMILES string of the molecule is C[n+]1c(-c2ccc(/C=N/NC(=O)C(=O)N/N=C/c3ccc(-c4cn5ccccc5[n+]4C)cc3)cc2)cn2ccccc21.Cc1ccc(S(=O)(=O)[O-])cc1.Cc1ccc(S(=O)(=O)[O-])cc1. The molecule has 0 aliphatic carbocycles. The zero-order chi connectivity index (χ0) is 46.0. The molecule has 0 saturated carbocycles. The van der Waals surface area contributed by atoms with Crippen LogP contribution in [0.2, 0.25) is 0 Å². The molecule has 326 valence electrons. The predicted molar refractivity (Wildman–Crippen MR) is 238 cm³/mol. The van der Waals surface area contributed by atoms with E-state index in [1.54, 1.807) is 24.3 Å². The lowest BCUT2D eigenvalue weighted by Crippen LogP contribution is -2.35. The van der Waals surface area contributed by atoms with Gasteiger partial charge in [-0.3, -0.25) is 9.59 Å². The number of hydrazone groups is 2. The second-order valence-corrected chi connectivity index (χ2v) is 17.0. The van der Waals surface area contributed by atoms with Gasteiger partial charge in [0.25, 0.3) is 11.3 Å². The second kappa shape index (κ2) is 20.0. The molecule has 0 aliphatic heterocycles. The average Bonchev–Trinajstić information content (AvgIpc) is 3.80. The van der Waals surface area contributed by atoms with Crippen molar-refractivity contribution in [1.82, 2.24) is 19.7 Å². The van der Waals surface area contributed by atoms with Gasteiger partial charge in [0.05, 0.1) is 48.7 Å². The summed E-state index contributed by atoms with van der Waals surface area (Å²) >= 11 is 0. The molecule has 0 spiro atoms. The first-order valence-corrected chi connectivity index (χ1v) is 22.1. The van der Waals surface area contributed by atoms with Crippen LogP contribution in [0.5, 0.6) is 0 Å². The molecule has 2 amide bonds. The molecule has 64 heavy (non-hydrogen) atoms. The van der Waals surface area contributed by atoms with Gasteiger partial charge in [-0.05, 0) is 85.6 Å². The highest BCUT2D eigenvalue weighted by atomic mass is 32.2. The van der Waals surface area contributed by atoms with Crippen LogP contribution in [-0.2, 0) is 43.9 Å². The molecule has 2 N–H and O–H groups in total. The Morgan fingerprint density at radius 2 is 0.875 bits per heavy atom. The van der Waals surface area contributed by atoms with E-state index in [0.717, 1.165) is 56.1 Å². The molecule has 0 unspecified atom stereocenters. The maximum absolute atomic E-state index is 12.1. The number of nitrogens with one attached hydrogen (secondary N) is 2. The van der Waals surface area contributed by atoms with Crippen LogP contribution < -0.4 is 20.0 Å². The lowest BCUT2D eigenvalue weighted by atomic mass is 10.1. The van der Waals surface area contributed by atoms with Gasteiger partial charge in [-0.15, -0.1) is 0 Å². The number of benzene rings is 4. The molecular formula is C46H42N8O8S2. The van der Waals surface area contributed by atoms with Gasteiger partial charge in [-0.25, -0.2) is 45.6 Å². The monoisotopic (exact) mass is 898 g/mol. The maximum Gasteiger partial charge on any atom is 0.331 e. The van der Waals surface area contributed by atoms with Gasteiger partial charge >= 0.3 is 11.8 Å². The van der Waals surface area contributed by atoms with Crippen molar-refractivity contribution in [2.45, 2.75) is 23.6 Å². The van der Waals surface area contributed by atoms with Crippen molar-refractivity contribution in [2.24, 2.45) is 24.3 Å². The highest BCUT2D eigenvalue weighted by Gasteiger charge is 2.17. The standard InChI is InChI=1S/C32H26N8O2.2C7H8O3S/c1-37-27(21-39-17-5-3-7-29(37)39)25-13-9-23(10-14-25)19-33-35-31(41)32(42)36-34-20-24-11-15-26(16-12-24)28-22-40-18-6-4-8-30(40)38(28)2;2*1-6-2-4-7(5-3-6)11(8,9)10/h3-22H,1-2H3;2*2-5H,1H3,(H,8,9,10)/b33-19+,34-20+;;. The van der Waals surface area contributed by atoms with E-state index in [2.05, 4.69) is 63.5 Å². The number of rotatable bonds is 8. The van der Waals surface area contributed by atoms with Crippen LogP contribution in [0.25, 0.3) is 33.8 Å². The average molecular weight is 899 g/mol. The van der Waals surface area contributed by atoms with Crippen molar-refractivity contribution in [3.8, 4) is 22.5 Å². The molecule has 4 aromatic heterocycles. The summed E-state index contributed by atoms with van der Waals surface area (Å²) in [4.78, 5) is 23.9. The summed E-state index contributed by atoms with van der Waals surface area (Å²) in [5.41, 5.74) is 14.2. The van der Waals surface area contributed by atoms with E-state index in [1.165, 1.54) is 36.7 Å². The normalized spacial score (nSPS) is 11.5. The Morgan fingerprint density at radius 1 is 0.531 bits per heavy atom. The van der Waals surface area contributed by atoms with Crippen LogP contribution in [0.1, 0.15) is 22.3 Å². The smallest absolute Gasteiger partial charge is 0.331 e. The Kier molecular flexibility index (Phi) is 14.4. The summed E-state index contributed by atoms with van der Waals surface area (Å²) in [7, 11) is -4.50. The Bertz CT molecular complexity index is 3000. The summed E-state index contributed by atoms with van der Waals surface area (Å²) in [5, 5.41) is 7.79. The number of imidazole rings is 2. The third-order valence-electron chi connectivity index (χ3n) is 9.67. The molecule has 8 aromatic rings. The van der Waals surface area contributed by atoms with Crippen molar-refractivity contribution in [3.05, 3.63) is 181 Å². The highest BCUT2D eigenvalue weighted by molar-refractivity contribution is 7.86. The van der Waals surface area contributed by atoms with Crippen molar-refractivity contribution in [1.29, 1.82) is 0 Å². The minimum atomic E-state index is -4.27. The van der Waals surface area contributed by atoms with Gasteiger partial charge in [0, 0.05) is 23.3 Å². The summed E-state index contributed by atoms with van der Waals surface area (Å²) in [6, 6.07) is 39.1. The van der Waals surface area contributed by atoms with Crippen LogP contribution in [0, 0.1) is 13.8 Å². The molecule has 0 atom stereocenters. The summed E-state index contributed by atoms with van der Waals surface area (Å²) in [6.45, 7) is 3.64. The van der Waals surface area contributed by atoms with Crippen LogP contribution in [-0.4, -0.2) is 59.0 Å². The molecule has 0 aliphatic rings. The molecular weight excluding hydrogens is 857 g/mol. The molecule has 0 radical (unpaired) electrons. The largest absolute Gasteiger partial charge is 0.744 e. The molecule has 0 fully saturated rings. The van der Waals surface area contributed by atoms with Crippen molar-refractivity contribution in [2.75, 3.05) is 0 Å². The number of hydrogen-bond donors (Lipinski definition) is 2. The molecule has 8 rings (SSSR count). The quantitative estimate of drug-likeness (QED) is 0.0723. The Balaban J connectivity index is 0.000000252. The lowest BCUT2D eigenvalue weighted by molar-refractivity contribution is -0.633. The third kappa shape index (κ3) is 11.8. The van der Waals surface area contributed by atoms with Crippen molar-refractivity contribution >= 4 is 55.8 Å². The number of hydrogen-bond acceptors (Lipinski definition) is 10. The zero-order valence-electron chi connectivity index (χ0n) is 34.9. The van der Waals surface area contributed by atoms with Gasteiger partial charge < -0.3 is 9.11 Å². The predicted octanol–water partition coefficient (Wildman–Crippen LogP) is 4.57. The van der Waals surface area contributed by atoms with Gasteiger partial charge in [-0.2, -0.15) is 10.2 Å². The highest BCUT2D eigenvalue weighted by Crippen LogP contribution is 2.19. The Hall–Kier alpha value is -7.64. The van der Waals surface area contributed by atoms with Crippen LogP contribution in [0.3, 0.4) is 0 Å². The first-order chi connectivity index (χ1) is 30.5. The molecule has 18 heteroatoms. The Labute approximate surface area is 369 Å². The van der Waals surface area contributed by atoms with Gasteiger partial charge in [0.2, 0.25) is 0 Å². The van der Waals surface area contributed by atoms with Crippen LogP contribution in [0.4, 0.5) is 0 Å². The van der Waals surface area contributed by atoms with E-state index in [9.17, 15) is 35.5 Å². The molecule has 16 nitrogen and oxygen atoms in total. The van der Waals surface area contributed by atoms with E-state index in [-0.39, 0.29) is 9.79 Å². The fourth-order valence-electron chi connectivity index (χ4n) is 6.22. The zero-order valence-corrected chi connectivity index (χ0v) is 36.6. The van der Waals surface area contributed by atoms with Gasteiger partial charge in [-0.1, -0.05) is 71.8 Å². The first kappa shape index (κ1) is 45.9. The number of carbonyl (C=O) groups is 2. The number of carbonyl (C=O) groups excluding carboxylic acids is 2. The minimum Gasteiger partial charge on any atom is -0.744 e. The minimum absolute atomic E-state index is 0.178. The summed E-state index contributed by atoms with van der Waals surface area (Å²) in [6.07, 6.45) is 11.1. The van der Waals surface area contributed by atoms with E-state index in [0.29, 0.717) is 0 Å². The van der Waals surface area contributed by atoms with Crippen LogP contribution in [0.15, 0.2) is 178 Å². The third-order valence-corrected chi connectivity index (χ3v) is 11.4. The second-order valence-electron chi connectivity index (χ2n) is 14.3. The topological polar surface area (TPSA) is 214 Å². The number of amides is 2.